The summed E-state index contributed by atoms with van der Waals surface area (Å²) in [6.07, 6.45) is 3.75. The van der Waals surface area contributed by atoms with E-state index in [2.05, 4.69) is 41.5 Å². The highest BCUT2D eigenvalue weighted by molar-refractivity contribution is 5.80. The van der Waals surface area contributed by atoms with E-state index in [-0.39, 0.29) is 12.0 Å². The average Bonchev–Trinajstić information content (AvgIpc) is 3.09. The SMILES string of the molecule is CCNC(=NCc1cc2c(cc1OC)CC(C)O2)N1CCC(CC(=O)NC)CC1. The van der Waals surface area contributed by atoms with Crippen LogP contribution in [-0.2, 0) is 17.8 Å². The van der Waals surface area contributed by atoms with Crippen LogP contribution in [0.1, 0.15) is 44.2 Å². The number of nitrogens with zero attached hydrogens (tertiary/aromatic N) is 2. The van der Waals surface area contributed by atoms with Gasteiger partial charge in [-0.15, -0.1) is 0 Å². The third kappa shape index (κ3) is 5.34. The molecule has 2 N–H and O–H groups in total. The molecule has 1 saturated heterocycles. The molecule has 1 amide bonds. The first kappa shape index (κ1) is 21.3. The van der Waals surface area contributed by atoms with E-state index in [4.69, 9.17) is 14.5 Å². The Morgan fingerprint density at radius 3 is 2.76 bits per heavy atom. The average molecular weight is 403 g/mol. The third-order valence-corrected chi connectivity index (χ3v) is 5.70. The van der Waals surface area contributed by atoms with E-state index in [1.807, 2.05) is 0 Å². The molecule has 1 fully saturated rings. The minimum atomic E-state index is 0.129. The fraction of sp³-hybridized carbons (Fsp3) is 0.636. The van der Waals surface area contributed by atoms with E-state index in [0.29, 0.717) is 18.9 Å². The van der Waals surface area contributed by atoms with Gasteiger partial charge < -0.3 is 25.0 Å². The minimum absolute atomic E-state index is 0.129. The van der Waals surface area contributed by atoms with Gasteiger partial charge in [0.05, 0.1) is 13.7 Å². The summed E-state index contributed by atoms with van der Waals surface area (Å²) in [5, 5.41) is 6.14. The normalized spacial score (nSPS) is 19.5. The van der Waals surface area contributed by atoms with Gasteiger partial charge in [-0.3, -0.25) is 4.79 Å². The lowest BCUT2D eigenvalue weighted by Crippen LogP contribution is -2.46. The van der Waals surface area contributed by atoms with Crippen molar-refractivity contribution < 1.29 is 14.3 Å². The number of nitrogens with one attached hydrogen (secondary N) is 2. The van der Waals surface area contributed by atoms with E-state index < -0.39 is 0 Å². The fourth-order valence-electron chi connectivity index (χ4n) is 4.09. The second-order valence-corrected chi connectivity index (χ2v) is 7.88. The Balaban J connectivity index is 1.67. The molecular weight excluding hydrogens is 368 g/mol. The van der Waals surface area contributed by atoms with E-state index in [1.54, 1.807) is 14.2 Å². The predicted octanol–water partition coefficient (Wildman–Crippen LogP) is 2.33. The summed E-state index contributed by atoms with van der Waals surface area (Å²) in [6.45, 7) is 7.35. The van der Waals surface area contributed by atoms with Crippen LogP contribution >= 0.6 is 0 Å². The van der Waals surface area contributed by atoms with Gasteiger partial charge in [-0.2, -0.15) is 0 Å². The standard InChI is InChI=1S/C22H34N4O3/c1-5-24-22(26-8-6-16(7-9-26)11-21(27)23-3)25-14-18-13-20-17(10-15(2)29-20)12-19(18)28-4/h12-13,15-16H,5-11,14H2,1-4H3,(H,23,27)(H,24,25). The van der Waals surface area contributed by atoms with Gasteiger partial charge in [0, 0.05) is 50.7 Å². The molecule has 0 saturated carbocycles. The van der Waals surface area contributed by atoms with Crippen molar-refractivity contribution in [2.45, 2.75) is 52.2 Å². The Kier molecular flexibility index (Phi) is 7.23. The first-order valence-electron chi connectivity index (χ1n) is 10.6. The number of carbonyl (C=O) groups is 1. The van der Waals surface area contributed by atoms with Crippen LogP contribution < -0.4 is 20.1 Å². The van der Waals surface area contributed by atoms with Gasteiger partial charge in [0.25, 0.3) is 0 Å². The molecular formula is C22H34N4O3. The predicted molar refractivity (Wildman–Crippen MR) is 115 cm³/mol. The number of methoxy groups -OCH3 is 1. The molecule has 0 radical (unpaired) electrons. The fourth-order valence-corrected chi connectivity index (χ4v) is 4.09. The molecule has 1 unspecified atom stereocenters. The number of fused-ring (bicyclic) bond motifs is 1. The zero-order valence-corrected chi connectivity index (χ0v) is 18.1. The van der Waals surface area contributed by atoms with Crippen molar-refractivity contribution >= 4 is 11.9 Å². The topological polar surface area (TPSA) is 75.2 Å². The lowest BCUT2D eigenvalue weighted by Gasteiger charge is -2.34. The number of carbonyl (C=O) groups excluding carboxylic acids is 1. The number of benzene rings is 1. The number of hydrogen-bond donors (Lipinski definition) is 2. The van der Waals surface area contributed by atoms with E-state index in [0.717, 1.165) is 61.9 Å². The highest BCUT2D eigenvalue weighted by atomic mass is 16.5. The summed E-state index contributed by atoms with van der Waals surface area (Å²) in [7, 11) is 3.41. The number of guanidine groups is 1. The van der Waals surface area contributed by atoms with Crippen molar-refractivity contribution in [3.05, 3.63) is 23.3 Å². The van der Waals surface area contributed by atoms with Gasteiger partial charge in [-0.05, 0) is 44.7 Å². The first-order valence-corrected chi connectivity index (χ1v) is 10.6. The van der Waals surface area contributed by atoms with Gasteiger partial charge in [0.2, 0.25) is 5.91 Å². The Bertz CT molecular complexity index is 742. The molecule has 2 aliphatic rings. The van der Waals surface area contributed by atoms with Crippen LogP contribution in [0.3, 0.4) is 0 Å². The van der Waals surface area contributed by atoms with Crippen molar-refractivity contribution in [2.75, 3.05) is 33.8 Å². The quantitative estimate of drug-likeness (QED) is 0.564. The van der Waals surface area contributed by atoms with Crippen molar-refractivity contribution in [1.82, 2.24) is 15.5 Å². The Labute approximate surface area is 173 Å². The summed E-state index contributed by atoms with van der Waals surface area (Å²) in [5.41, 5.74) is 2.23. The highest BCUT2D eigenvalue weighted by Gasteiger charge is 2.24. The number of ether oxygens (including phenoxy) is 2. The largest absolute Gasteiger partial charge is 0.496 e. The summed E-state index contributed by atoms with van der Waals surface area (Å²) < 4.78 is 11.5. The molecule has 1 aromatic rings. The molecule has 0 aliphatic carbocycles. The molecule has 0 aromatic heterocycles. The molecule has 7 heteroatoms. The first-order chi connectivity index (χ1) is 14.0. The maximum absolute atomic E-state index is 11.6. The summed E-state index contributed by atoms with van der Waals surface area (Å²) in [5.74, 6) is 3.31. The van der Waals surface area contributed by atoms with Crippen LogP contribution in [0.5, 0.6) is 11.5 Å². The van der Waals surface area contributed by atoms with E-state index >= 15 is 0 Å². The summed E-state index contributed by atoms with van der Waals surface area (Å²) >= 11 is 0. The minimum Gasteiger partial charge on any atom is -0.496 e. The van der Waals surface area contributed by atoms with Crippen molar-refractivity contribution in [1.29, 1.82) is 0 Å². The second-order valence-electron chi connectivity index (χ2n) is 7.88. The number of amides is 1. The monoisotopic (exact) mass is 402 g/mol. The van der Waals surface area contributed by atoms with Crippen LogP contribution in [0, 0.1) is 5.92 Å². The molecule has 2 aliphatic heterocycles. The molecule has 0 spiro atoms. The van der Waals surface area contributed by atoms with Crippen molar-refractivity contribution in [2.24, 2.45) is 10.9 Å². The van der Waals surface area contributed by atoms with Gasteiger partial charge in [0.1, 0.15) is 17.6 Å². The van der Waals surface area contributed by atoms with E-state index in [9.17, 15) is 4.79 Å². The number of aliphatic imine (C=N–C) groups is 1. The summed E-state index contributed by atoms with van der Waals surface area (Å²) in [6, 6.07) is 4.15. The molecule has 2 heterocycles. The zero-order valence-electron chi connectivity index (χ0n) is 18.1. The Hall–Kier alpha value is -2.44. The van der Waals surface area contributed by atoms with Gasteiger partial charge in [-0.1, -0.05) is 0 Å². The summed E-state index contributed by atoms with van der Waals surface area (Å²) in [4.78, 5) is 18.8. The van der Waals surface area contributed by atoms with Crippen molar-refractivity contribution in [3.8, 4) is 11.5 Å². The zero-order chi connectivity index (χ0) is 20.8. The maximum atomic E-state index is 11.6. The molecule has 1 atom stereocenters. The second kappa shape index (κ2) is 9.85. The number of likely N-dealkylation sites (tertiary alicyclic amines) is 1. The molecule has 0 bridgehead atoms. The smallest absolute Gasteiger partial charge is 0.220 e. The third-order valence-electron chi connectivity index (χ3n) is 5.70. The molecule has 29 heavy (non-hydrogen) atoms. The molecule has 1 aromatic carbocycles. The molecule has 3 rings (SSSR count). The number of hydrogen-bond acceptors (Lipinski definition) is 4. The van der Waals surface area contributed by atoms with Crippen LogP contribution in [0.4, 0.5) is 0 Å². The Morgan fingerprint density at radius 1 is 1.34 bits per heavy atom. The van der Waals surface area contributed by atoms with Gasteiger partial charge in [0.15, 0.2) is 5.96 Å². The Morgan fingerprint density at radius 2 is 2.10 bits per heavy atom. The lowest BCUT2D eigenvalue weighted by molar-refractivity contribution is -0.121. The van der Waals surface area contributed by atoms with Crippen LogP contribution in [0.2, 0.25) is 0 Å². The molecule has 7 nitrogen and oxygen atoms in total. The number of rotatable bonds is 6. The van der Waals surface area contributed by atoms with Crippen LogP contribution in [-0.4, -0.2) is 56.7 Å². The maximum Gasteiger partial charge on any atom is 0.220 e. The van der Waals surface area contributed by atoms with Gasteiger partial charge >= 0.3 is 0 Å². The van der Waals surface area contributed by atoms with Gasteiger partial charge in [-0.25, -0.2) is 4.99 Å². The van der Waals surface area contributed by atoms with Crippen LogP contribution in [0.25, 0.3) is 0 Å². The number of piperidine rings is 1. The molecule has 160 valence electrons. The van der Waals surface area contributed by atoms with E-state index in [1.165, 1.54) is 5.56 Å². The highest BCUT2D eigenvalue weighted by Crippen LogP contribution is 2.35. The lowest BCUT2D eigenvalue weighted by atomic mass is 9.93. The van der Waals surface area contributed by atoms with Crippen molar-refractivity contribution in [3.63, 3.8) is 0 Å². The van der Waals surface area contributed by atoms with Crippen LogP contribution in [0.15, 0.2) is 17.1 Å².